The van der Waals surface area contributed by atoms with E-state index >= 15 is 0 Å². The van der Waals surface area contributed by atoms with Crippen molar-refractivity contribution in [3.63, 3.8) is 0 Å². The van der Waals surface area contributed by atoms with E-state index in [1.54, 1.807) is 4.90 Å². The van der Waals surface area contributed by atoms with E-state index in [-0.39, 0.29) is 29.6 Å². The third kappa shape index (κ3) is 4.94. The lowest BCUT2D eigenvalue weighted by Gasteiger charge is -2.43. The lowest BCUT2D eigenvalue weighted by molar-refractivity contribution is -0.384. The number of fused-ring (bicyclic) bond motifs is 1. The highest BCUT2D eigenvalue weighted by Crippen LogP contribution is 2.43. The minimum Gasteiger partial charge on any atom is -0.309 e. The van der Waals surface area contributed by atoms with Crippen LogP contribution in [0.1, 0.15) is 61.5 Å². The number of carbonyl (C=O) groups is 2. The van der Waals surface area contributed by atoms with Crippen LogP contribution in [0.2, 0.25) is 0 Å². The molecule has 0 fully saturated rings. The van der Waals surface area contributed by atoms with Crippen molar-refractivity contribution in [2.75, 3.05) is 9.80 Å². The molecular formula is C28H29N3O4. The Morgan fingerprint density at radius 3 is 2.31 bits per heavy atom. The smallest absolute Gasteiger partial charge is 0.269 e. The van der Waals surface area contributed by atoms with Gasteiger partial charge in [0.2, 0.25) is 5.91 Å². The summed E-state index contributed by atoms with van der Waals surface area (Å²) >= 11 is 0. The van der Waals surface area contributed by atoms with Crippen molar-refractivity contribution in [3.05, 3.63) is 100 Å². The number of carbonyl (C=O) groups excluding carboxylic acids is 2. The van der Waals surface area contributed by atoms with Gasteiger partial charge in [-0.15, -0.1) is 0 Å². The van der Waals surface area contributed by atoms with Crippen LogP contribution in [0.4, 0.5) is 17.1 Å². The fraction of sp³-hybridized carbons (Fsp3) is 0.286. The maximum atomic E-state index is 13.9. The Balaban J connectivity index is 1.78. The van der Waals surface area contributed by atoms with Crippen molar-refractivity contribution in [1.29, 1.82) is 0 Å². The van der Waals surface area contributed by atoms with Crippen LogP contribution in [0.15, 0.2) is 78.9 Å². The Labute approximate surface area is 205 Å². The molecule has 7 heteroatoms. The average molecular weight is 472 g/mol. The van der Waals surface area contributed by atoms with Gasteiger partial charge >= 0.3 is 0 Å². The molecule has 0 saturated heterocycles. The summed E-state index contributed by atoms with van der Waals surface area (Å²) in [5.41, 5.74) is 2.77. The van der Waals surface area contributed by atoms with Gasteiger partial charge in [-0.05, 0) is 55.7 Å². The number of anilines is 2. The normalized spacial score (nSPS) is 16.9. The van der Waals surface area contributed by atoms with Gasteiger partial charge in [0.15, 0.2) is 0 Å². The molecule has 1 aliphatic heterocycles. The summed E-state index contributed by atoms with van der Waals surface area (Å²) in [5.74, 6) is -0.151. The molecular weight excluding hydrogens is 442 g/mol. The highest BCUT2D eigenvalue weighted by atomic mass is 16.6. The van der Waals surface area contributed by atoms with Crippen molar-refractivity contribution in [1.82, 2.24) is 0 Å². The number of nitro groups is 1. The largest absolute Gasteiger partial charge is 0.309 e. The first-order valence-corrected chi connectivity index (χ1v) is 12.0. The minimum atomic E-state index is -0.480. The van der Waals surface area contributed by atoms with Gasteiger partial charge in [-0.25, -0.2) is 0 Å². The van der Waals surface area contributed by atoms with Crippen molar-refractivity contribution in [3.8, 4) is 0 Å². The van der Waals surface area contributed by atoms with Crippen molar-refractivity contribution in [2.24, 2.45) is 0 Å². The van der Waals surface area contributed by atoms with Crippen molar-refractivity contribution >= 4 is 28.9 Å². The predicted octanol–water partition coefficient (Wildman–Crippen LogP) is 6.30. The number of nitrogens with zero attached hydrogens (tertiary/aromatic N) is 3. The molecule has 3 aromatic rings. The monoisotopic (exact) mass is 471 g/mol. The van der Waals surface area contributed by atoms with E-state index in [1.165, 1.54) is 24.3 Å². The van der Waals surface area contributed by atoms with Crippen LogP contribution < -0.4 is 9.80 Å². The number of hydrogen-bond acceptors (Lipinski definition) is 4. The summed E-state index contributed by atoms with van der Waals surface area (Å²) in [5, 5.41) is 11.1. The minimum absolute atomic E-state index is 0.0642. The fourth-order valence-corrected chi connectivity index (χ4v) is 4.75. The quantitative estimate of drug-likeness (QED) is 0.299. The van der Waals surface area contributed by atoms with E-state index in [2.05, 4.69) is 6.92 Å². The summed E-state index contributed by atoms with van der Waals surface area (Å²) in [7, 11) is 0. The zero-order valence-electron chi connectivity index (χ0n) is 20.0. The van der Waals surface area contributed by atoms with Crippen LogP contribution in [-0.4, -0.2) is 22.8 Å². The Hall–Kier alpha value is -4.00. The number of unbranched alkanes of at least 4 members (excludes halogenated alkanes) is 1. The SMILES string of the molecule is CCCCC(=O)N1c2ccccc2[C@H](N(C(=O)c2ccc([N+](=O)[O-])cc2)c2ccccc2)C[C@@H]1C. The van der Waals surface area contributed by atoms with Crippen LogP contribution >= 0.6 is 0 Å². The molecule has 1 aliphatic rings. The molecule has 180 valence electrons. The van der Waals surface area contributed by atoms with Gasteiger partial charge in [-0.3, -0.25) is 19.7 Å². The molecule has 0 radical (unpaired) electrons. The summed E-state index contributed by atoms with van der Waals surface area (Å²) in [6.45, 7) is 4.09. The second-order valence-corrected chi connectivity index (χ2v) is 8.84. The van der Waals surface area contributed by atoms with E-state index in [9.17, 15) is 19.7 Å². The van der Waals surface area contributed by atoms with Crippen molar-refractivity contribution < 1.29 is 14.5 Å². The lowest BCUT2D eigenvalue weighted by Crippen LogP contribution is -2.47. The topological polar surface area (TPSA) is 83.8 Å². The summed E-state index contributed by atoms with van der Waals surface area (Å²) < 4.78 is 0. The van der Waals surface area contributed by atoms with E-state index in [1.807, 2.05) is 66.4 Å². The fourth-order valence-electron chi connectivity index (χ4n) is 4.75. The third-order valence-corrected chi connectivity index (χ3v) is 6.46. The van der Waals surface area contributed by atoms with E-state index < -0.39 is 4.92 Å². The molecule has 0 spiro atoms. The first-order chi connectivity index (χ1) is 16.9. The summed E-state index contributed by atoms with van der Waals surface area (Å²) in [6, 6.07) is 22.5. The molecule has 4 rings (SSSR count). The van der Waals surface area contributed by atoms with E-state index in [0.29, 0.717) is 18.4 Å². The number of non-ortho nitro benzene ring substituents is 1. The standard InChI is InChI=1S/C28H29N3O4/c1-3-4-14-27(32)29-20(2)19-26(24-12-8-9-13-25(24)29)30(22-10-6-5-7-11-22)28(33)21-15-17-23(18-16-21)31(34)35/h5-13,15-18,20,26H,3-4,14,19H2,1-2H3/t20-,26+/m0/s1. The molecule has 0 saturated carbocycles. The number of para-hydroxylation sites is 2. The van der Waals surface area contributed by atoms with Gasteiger partial charge in [0.05, 0.1) is 11.0 Å². The number of benzene rings is 3. The predicted molar refractivity (Wildman–Crippen MR) is 137 cm³/mol. The zero-order valence-corrected chi connectivity index (χ0v) is 20.0. The molecule has 0 unspecified atom stereocenters. The maximum absolute atomic E-state index is 13.9. The van der Waals surface area contributed by atoms with Crippen LogP contribution in [-0.2, 0) is 4.79 Å². The van der Waals surface area contributed by atoms with Gasteiger partial charge in [-0.1, -0.05) is 49.7 Å². The van der Waals surface area contributed by atoms with Crippen LogP contribution in [0.3, 0.4) is 0 Å². The molecule has 1 heterocycles. The van der Waals surface area contributed by atoms with Crippen molar-refractivity contribution in [2.45, 2.75) is 51.6 Å². The second kappa shape index (κ2) is 10.5. The van der Waals surface area contributed by atoms with Crippen LogP contribution in [0.5, 0.6) is 0 Å². The molecule has 7 nitrogen and oxygen atoms in total. The van der Waals surface area contributed by atoms with Gasteiger partial charge < -0.3 is 9.80 Å². The lowest BCUT2D eigenvalue weighted by atomic mass is 9.89. The molecule has 35 heavy (non-hydrogen) atoms. The van der Waals surface area contributed by atoms with E-state index in [4.69, 9.17) is 0 Å². The molecule has 2 atom stereocenters. The van der Waals surface area contributed by atoms with Gasteiger partial charge in [0, 0.05) is 41.5 Å². The number of rotatable bonds is 7. The Kier molecular flexibility index (Phi) is 7.25. The zero-order chi connectivity index (χ0) is 24.9. The molecule has 2 amide bonds. The summed E-state index contributed by atoms with van der Waals surface area (Å²) in [4.78, 5) is 41.2. The van der Waals surface area contributed by atoms with Gasteiger partial charge in [0.1, 0.15) is 0 Å². The highest BCUT2D eigenvalue weighted by molar-refractivity contribution is 6.07. The number of hydrogen-bond donors (Lipinski definition) is 0. The Morgan fingerprint density at radius 2 is 1.66 bits per heavy atom. The van der Waals surface area contributed by atoms with E-state index in [0.717, 1.165) is 29.8 Å². The average Bonchev–Trinajstić information content (AvgIpc) is 2.88. The first-order valence-electron chi connectivity index (χ1n) is 12.0. The van der Waals surface area contributed by atoms with Gasteiger partial charge in [-0.2, -0.15) is 0 Å². The molecule has 3 aromatic carbocycles. The Bertz CT molecular complexity index is 1210. The second-order valence-electron chi connectivity index (χ2n) is 8.84. The molecule has 0 aromatic heterocycles. The Morgan fingerprint density at radius 1 is 1.00 bits per heavy atom. The first kappa shape index (κ1) is 24.1. The summed E-state index contributed by atoms with van der Waals surface area (Å²) in [6.07, 6.45) is 2.85. The molecule has 0 bridgehead atoms. The highest BCUT2D eigenvalue weighted by Gasteiger charge is 2.38. The number of amides is 2. The molecule has 0 aliphatic carbocycles. The van der Waals surface area contributed by atoms with Crippen LogP contribution in [0.25, 0.3) is 0 Å². The number of nitro benzene ring substituents is 1. The van der Waals surface area contributed by atoms with Crippen LogP contribution in [0, 0.1) is 10.1 Å². The van der Waals surface area contributed by atoms with Gasteiger partial charge in [0.25, 0.3) is 11.6 Å². The maximum Gasteiger partial charge on any atom is 0.269 e. The third-order valence-electron chi connectivity index (χ3n) is 6.46. The molecule has 0 N–H and O–H groups in total.